The van der Waals surface area contributed by atoms with E-state index in [-0.39, 0.29) is 0 Å². The van der Waals surface area contributed by atoms with E-state index in [1.54, 1.807) is 0 Å². The van der Waals surface area contributed by atoms with E-state index < -0.39 is 0 Å². The van der Waals surface area contributed by atoms with Gasteiger partial charge in [-0.3, -0.25) is 9.58 Å². The normalized spacial score (nSPS) is 29.3. The molecule has 152 valence electrons. The van der Waals surface area contributed by atoms with E-state index in [0.717, 1.165) is 31.2 Å². The Morgan fingerprint density at radius 1 is 1.07 bits per heavy atom. The fourth-order valence-corrected chi connectivity index (χ4v) is 5.45. The molecule has 0 N–H and O–H groups in total. The SMILES string of the molecule is Cc1ccc2c(cnn2CC(C)CN2C3CCC(OCC4CC4)CC2CC3)c1. The molecule has 2 aliphatic heterocycles. The summed E-state index contributed by atoms with van der Waals surface area (Å²) < 4.78 is 8.50. The zero-order valence-electron chi connectivity index (χ0n) is 17.5. The molecule has 0 amide bonds. The standard InChI is InChI=1S/C24H35N3O/c1-17-3-10-24-20(11-17)13-25-27(24)15-18(2)14-26-21-6-7-22(26)12-23(9-8-21)28-16-19-4-5-19/h3,10-11,13,18-19,21-23H,4-9,12,14-16H2,1-2H3. The van der Waals surface area contributed by atoms with Crippen molar-refractivity contribution in [3.63, 3.8) is 0 Å². The van der Waals surface area contributed by atoms with E-state index >= 15 is 0 Å². The quantitative estimate of drug-likeness (QED) is 0.690. The average molecular weight is 382 g/mol. The van der Waals surface area contributed by atoms with E-state index in [0.29, 0.717) is 12.0 Å². The highest BCUT2D eigenvalue weighted by molar-refractivity contribution is 5.79. The van der Waals surface area contributed by atoms with Gasteiger partial charge in [0, 0.05) is 37.2 Å². The van der Waals surface area contributed by atoms with Gasteiger partial charge in [-0.2, -0.15) is 5.10 Å². The van der Waals surface area contributed by atoms with E-state index in [4.69, 9.17) is 4.74 Å². The molecule has 2 bridgehead atoms. The largest absolute Gasteiger partial charge is 0.378 e. The van der Waals surface area contributed by atoms with Crippen LogP contribution in [0.4, 0.5) is 0 Å². The first-order chi connectivity index (χ1) is 13.7. The Kier molecular flexibility index (Phi) is 5.18. The molecule has 2 aromatic rings. The Hall–Kier alpha value is -1.39. The number of nitrogens with zero attached hydrogens (tertiary/aromatic N) is 3. The third kappa shape index (κ3) is 3.99. The molecule has 5 rings (SSSR count). The van der Waals surface area contributed by atoms with Crippen LogP contribution in [-0.2, 0) is 11.3 Å². The van der Waals surface area contributed by atoms with Crippen LogP contribution in [0.1, 0.15) is 57.4 Å². The summed E-state index contributed by atoms with van der Waals surface area (Å²) in [6, 6.07) is 8.17. The highest BCUT2D eigenvalue weighted by atomic mass is 16.5. The van der Waals surface area contributed by atoms with Gasteiger partial charge in [0.1, 0.15) is 0 Å². The first-order valence-corrected chi connectivity index (χ1v) is 11.4. The molecule has 3 aliphatic rings. The maximum absolute atomic E-state index is 6.30. The first kappa shape index (κ1) is 18.6. The minimum absolute atomic E-state index is 0.506. The molecule has 1 aliphatic carbocycles. The average Bonchev–Trinajstić information content (AvgIpc) is 3.34. The molecule has 1 aromatic carbocycles. The molecule has 2 saturated heterocycles. The van der Waals surface area contributed by atoms with Gasteiger partial charge in [0.25, 0.3) is 0 Å². The predicted octanol–water partition coefficient (Wildman–Crippen LogP) is 4.79. The Balaban J connectivity index is 1.21. The van der Waals surface area contributed by atoms with Crippen molar-refractivity contribution in [2.24, 2.45) is 11.8 Å². The second kappa shape index (κ2) is 7.79. The summed E-state index contributed by atoms with van der Waals surface area (Å²) in [4.78, 5) is 2.83. The van der Waals surface area contributed by atoms with Crippen molar-refractivity contribution in [1.29, 1.82) is 0 Å². The fourth-order valence-electron chi connectivity index (χ4n) is 5.45. The van der Waals surface area contributed by atoms with Gasteiger partial charge >= 0.3 is 0 Å². The summed E-state index contributed by atoms with van der Waals surface area (Å²) in [6.45, 7) is 7.76. The zero-order chi connectivity index (χ0) is 19.1. The molecule has 28 heavy (non-hydrogen) atoms. The lowest BCUT2D eigenvalue weighted by molar-refractivity contribution is 0.0269. The van der Waals surface area contributed by atoms with Gasteiger partial charge < -0.3 is 4.74 Å². The van der Waals surface area contributed by atoms with Crippen LogP contribution in [-0.4, -0.2) is 46.0 Å². The van der Waals surface area contributed by atoms with Gasteiger partial charge in [-0.1, -0.05) is 18.6 Å². The molecule has 1 saturated carbocycles. The number of hydrogen-bond acceptors (Lipinski definition) is 3. The Bertz CT molecular complexity index is 811. The van der Waals surface area contributed by atoms with Crippen LogP contribution in [0.15, 0.2) is 24.4 Å². The van der Waals surface area contributed by atoms with E-state index in [2.05, 4.69) is 46.7 Å². The summed E-state index contributed by atoms with van der Waals surface area (Å²) in [6.07, 6.45) is 11.9. The molecule has 0 radical (unpaired) electrons. The van der Waals surface area contributed by atoms with Crippen LogP contribution in [0.2, 0.25) is 0 Å². The highest BCUT2D eigenvalue weighted by Crippen LogP contribution is 2.37. The molecular weight excluding hydrogens is 346 g/mol. The summed E-state index contributed by atoms with van der Waals surface area (Å²) in [7, 11) is 0. The number of rotatable bonds is 7. The van der Waals surface area contributed by atoms with Crippen molar-refractivity contribution >= 4 is 10.9 Å². The van der Waals surface area contributed by atoms with Crippen molar-refractivity contribution in [1.82, 2.24) is 14.7 Å². The Morgan fingerprint density at radius 2 is 1.89 bits per heavy atom. The van der Waals surface area contributed by atoms with Gasteiger partial charge in [0.15, 0.2) is 0 Å². The number of fused-ring (bicyclic) bond motifs is 3. The predicted molar refractivity (Wildman–Crippen MR) is 113 cm³/mol. The topological polar surface area (TPSA) is 30.3 Å². The second-order valence-electron chi connectivity index (χ2n) is 9.79. The maximum Gasteiger partial charge on any atom is 0.0682 e. The Labute approximate surface area is 169 Å². The van der Waals surface area contributed by atoms with Gasteiger partial charge in [-0.05, 0) is 75.8 Å². The number of aryl methyl sites for hydroxylation is 1. The molecule has 3 heterocycles. The Morgan fingerprint density at radius 3 is 2.75 bits per heavy atom. The van der Waals surface area contributed by atoms with Crippen LogP contribution >= 0.6 is 0 Å². The number of aromatic nitrogens is 2. The number of hydrogen-bond donors (Lipinski definition) is 0. The van der Waals surface area contributed by atoms with E-state index in [9.17, 15) is 0 Å². The van der Waals surface area contributed by atoms with Crippen LogP contribution in [0, 0.1) is 18.8 Å². The number of ether oxygens (including phenoxy) is 1. The molecule has 1 aromatic heterocycles. The summed E-state index contributed by atoms with van der Waals surface area (Å²) >= 11 is 0. The minimum Gasteiger partial charge on any atom is -0.378 e. The summed E-state index contributed by atoms with van der Waals surface area (Å²) in [5.74, 6) is 1.49. The van der Waals surface area contributed by atoms with Crippen molar-refractivity contribution in [2.75, 3.05) is 13.2 Å². The van der Waals surface area contributed by atoms with E-state index in [1.165, 1.54) is 68.0 Å². The van der Waals surface area contributed by atoms with Gasteiger partial charge in [-0.25, -0.2) is 0 Å². The van der Waals surface area contributed by atoms with E-state index in [1.807, 2.05) is 6.20 Å². The van der Waals surface area contributed by atoms with Gasteiger partial charge in [0.2, 0.25) is 0 Å². The second-order valence-corrected chi connectivity index (χ2v) is 9.79. The smallest absolute Gasteiger partial charge is 0.0682 e. The monoisotopic (exact) mass is 381 g/mol. The molecule has 4 atom stereocenters. The van der Waals surface area contributed by atoms with Crippen molar-refractivity contribution < 1.29 is 4.74 Å². The summed E-state index contributed by atoms with van der Waals surface area (Å²) in [5, 5.41) is 5.94. The molecule has 3 fully saturated rings. The molecule has 0 spiro atoms. The van der Waals surface area contributed by atoms with Crippen LogP contribution in [0.5, 0.6) is 0 Å². The first-order valence-electron chi connectivity index (χ1n) is 11.4. The lowest BCUT2D eigenvalue weighted by Gasteiger charge is -2.31. The third-order valence-electron chi connectivity index (χ3n) is 7.20. The van der Waals surface area contributed by atoms with Gasteiger partial charge in [0.05, 0.1) is 17.8 Å². The zero-order valence-corrected chi connectivity index (χ0v) is 17.5. The lowest BCUT2D eigenvalue weighted by Crippen LogP contribution is -2.39. The van der Waals surface area contributed by atoms with Crippen LogP contribution in [0.3, 0.4) is 0 Å². The van der Waals surface area contributed by atoms with Crippen molar-refractivity contribution in [3.05, 3.63) is 30.0 Å². The minimum atomic E-state index is 0.506. The van der Waals surface area contributed by atoms with Crippen LogP contribution in [0.25, 0.3) is 10.9 Å². The molecular formula is C24H35N3O. The van der Waals surface area contributed by atoms with Crippen LogP contribution < -0.4 is 0 Å². The number of benzene rings is 1. The highest BCUT2D eigenvalue weighted by Gasteiger charge is 2.39. The maximum atomic E-state index is 6.30. The molecule has 4 heteroatoms. The fraction of sp³-hybridized carbons (Fsp3) is 0.708. The van der Waals surface area contributed by atoms with Crippen molar-refractivity contribution in [3.8, 4) is 0 Å². The van der Waals surface area contributed by atoms with Crippen molar-refractivity contribution in [2.45, 2.75) is 83.5 Å². The lowest BCUT2D eigenvalue weighted by atomic mass is 9.98. The summed E-state index contributed by atoms with van der Waals surface area (Å²) in [5.41, 5.74) is 2.57. The molecule has 4 nitrogen and oxygen atoms in total. The van der Waals surface area contributed by atoms with Gasteiger partial charge in [-0.15, -0.1) is 0 Å². The third-order valence-corrected chi connectivity index (χ3v) is 7.20. The molecule has 4 unspecified atom stereocenters.